The summed E-state index contributed by atoms with van der Waals surface area (Å²) in [5, 5.41) is 9.60. The number of hydrogen-bond acceptors (Lipinski definition) is 5. The number of carboxylic acid groups (broad SMARTS) is 1. The van der Waals surface area contributed by atoms with Gasteiger partial charge in [-0.25, -0.2) is 4.79 Å². The molecule has 1 unspecified atom stereocenters. The van der Waals surface area contributed by atoms with Crippen LogP contribution in [0.5, 0.6) is 17.2 Å². The summed E-state index contributed by atoms with van der Waals surface area (Å²) < 4.78 is 16.8. The quantitative estimate of drug-likeness (QED) is 0.591. The summed E-state index contributed by atoms with van der Waals surface area (Å²) >= 11 is 0. The molecule has 1 aromatic heterocycles. The highest BCUT2D eigenvalue weighted by atomic mass is 16.5. The van der Waals surface area contributed by atoms with Crippen molar-refractivity contribution in [2.75, 3.05) is 0 Å². The van der Waals surface area contributed by atoms with Crippen molar-refractivity contribution in [3.8, 4) is 17.2 Å². The Labute approximate surface area is 168 Å². The third-order valence-electron chi connectivity index (χ3n) is 4.60. The fourth-order valence-corrected chi connectivity index (χ4v) is 2.90. The Kier molecular flexibility index (Phi) is 5.92. The van der Waals surface area contributed by atoms with Gasteiger partial charge >= 0.3 is 5.97 Å². The van der Waals surface area contributed by atoms with Crippen molar-refractivity contribution < 1.29 is 23.8 Å². The molecule has 6 nitrogen and oxygen atoms in total. The van der Waals surface area contributed by atoms with Crippen LogP contribution in [0.2, 0.25) is 0 Å². The lowest BCUT2D eigenvalue weighted by Gasteiger charge is -2.18. The molecule has 3 aromatic rings. The Morgan fingerprint density at radius 1 is 1.00 bits per heavy atom. The van der Waals surface area contributed by atoms with E-state index in [1.807, 2.05) is 24.3 Å². The second kappa shape index (κ2) is 8.39. The Morgan fingerprint density at radius 3 is 2.24 bits per heavy atom. The van der Waals surface area contributed by atoms with Crippen LogP contribution in [0.15, 0.2) is 57.9 Å². The van der Waals surface area contributed by atoms with Gasteiger partial charge in [0.25, 0.3) is 0 Å². The number of aliphatic carboxylic acids is 1. The Hall–Kier alpha value is -3.28. The molecule has 1 N–H and O–H groups in total. The summed E-state index contributed by atoms with van der Waals surface area (Å²) in [5.74, 6) is 0.0838. The van der Waals surface area contributed by atoms with Gasteiger partial charge in [0, 0.05) is 12.0 Å². The molecule has 152 valence electrons. The van der Waals surface area contributed by atoms with E-state index < -0.39 is 12.1 Å². The molecule has 0 amide bonds. The number of carbonyl (C=O) groups is 1. The van der Waals surface area contributed by atoms with Crippen LogP contribution in [0.3, 0.4) is 0 Å². The maximum atomic E-state index is 12.7. The molecule has 0 aliphatic heterocycles. The van der Waals surface area contributed by atoms with Gasteiger partial charge in [-0.3, -0.25) is 4.79 Å². The average molecular weight is 396 g/mol. The van der Waals surface area contributed by atoms with Crippen LogP contribution in [0.1, 0.15) is 39.2 Å². The first kappa shape index (κ1) is 20.5. The molecule has 2 aromatic carbocycles. The number of ether oxygens (including phenoxy) is 2. The first-order chi connectivity index (χ1) is 13.8. The predicted octanol–water partition coefficient (Wildman–Crippen LogP) is 5.20. The fourth-order valence-electron chi connectivity index (χ4n) is 2.90. The van der Waals surface area contributed by atoms with E-state index in [2.05, 4.69) is 13.8 Å². The van der Waals surface area contributed by atoms with Crippen molar-refractivity contribution in [2.24, 2.45) is 5.92 Å². The number of carboxylic acids is 1. The summed E-state index contributed by atoms with van der Waals surface area (Å²) in [6.45, 7) is 7.73. The van der Waals surface area contributed by atoms with Gasteiger partial charge < -0.3 is 19.0 Å². The van der Waals surface area contributed by atoms with E-state index in [-0.39, 0.29) is 17.1 Å². The van der Waals surface area contributed by atoms with Crippen LogP contribution in [-0.2, 0) is 4.79 Å². The molecule has 0 bridgehead atoms. The summed E-state index contributed by atoms with van der Waals surface area (Å²) in [6, 6.07) is 12.2. The van der Waals surface area contributed by atoms with Crippen LogP contribution in [0, 0.1) is 5.92 Å². The largest absolute Gasteiger partial charge is 0.478 e. The van der Waals surface area contributed by atoms with Gasteiger partial charge in [0.05, 0.1) is 5.39 Å². The summed E-state index contributed by atoms with van der Waals surface area (Å²) in [6.07, 6.45) is 0.262. The maximum Gasteiger partial charge on any atom is 0.345 e. The number of fused-ring (bicyclic) bond motifs is 1. The van der Waals surface area contributed by atoms with Crippen molar-refractivity contribution in [1.29, 1.82) is 0 Å². The number of benzene rings is 2. The van der Waals surface area contributed by atoms with Crippen LogP contribution in [0.4, 0.5) is 0 Å². The van der Waals surface area contributed by atoms with Crippen LogP contribution in [0.25, 0.3) is 11.0 Å². The van der Waals surface area contributed by atoms with E-state index in [9.17, 15) is 14.7 Å². The van der Waals surface area contributed by atoms with Gasteiger partial charge in [-0.2, -0.15) is 0 Å². The first-order valence-corrected chi connectivity index (χ1v) is 9.49. The molecule has 0 saturated carbocycles. The van der Waals surface area contributed by atoms with E-state index in [0.29, 0.717) is 28.4 Å². The minimum Gasteiger partial charge on any atom is -0.478 e. The van der Waals surface area contributed by atoms with Crippen molar-refractivity contribution in [1.82, 2.24) is 0 Å². The summed E-state index contributed by atoms with van der Waals surface area (Å²) in [7, 11) is 0. The monoisotopic (exact) mass is 396 g/mol. The molecule has 0 aliphatic rings. The molecule has 0 saturated heterocycles. The molecular formula is C23H24O6. The molecule has 0 radical (unpaired) electrons. The van der Waals surface area contributed by atoms with Crippen molar-refractivity contribution in [3.63, 3.8) is 0 Å². The highest BCUT2D eigenvalue weighted by Gasteiger charge is 2.23. The van der Waals surface area contributed by atoms with Gasteiger partial charge in [0.2, 0.25) is 11.2 Å². The third kappa shape index (κ3) is 4.59. The second-order valence-electron chi connectivity index (χ2n) is 7.53. The molecule has 0 fully saturated rings. The Bertz CT molecular complexity index is 1060. The van der Waals surface area contributed by atoms with E-state index in [1.54, 1.807) is 26.0 Å². The van der Waals surface area contributed by atoms with E-state index >= 15 is 0 Å². The number of rotatable bonds is 7. The van der Waals surface area contributed by atoms with Gasteiger partial charge in [-0.15, -0.1) is 0 Å². The highest BCUT2D eigenvalue weighted by Crippen LogP contribution is 2.26. The molecule has 0 spiro atoms. The first-order valence-electron chi connectivity index (χ1n) is 9.49. The molecule has 0 aliphatic carbocycles. The van der Waals surface area contributed by atoms with Crippen LogP contribution >= 0.6 is 0 Å². The summed E-state index contributed by atoms with van der Waals surface area (Å²) in [5.41, 5.74) is 1.16. The molecule has 1 atom stereocenters. The lowest BCUT2D eigenvalue weighted by atomic mass is 10.0. The smallest absolute Gasteiger partial charge is 0.345 e. The van der Waals surface area contributed by atoms with Gasteiger partial charge in [0.1, 0.15) is 23.3 Å². The maximum absolute atomic E-state index is 12.7. The normalized spacial score (nSPS) is 12.3. The fraction of sp³-hybridized carbons (Fsp3) is 0.304. The summed E-state index contributed by atoms with van der Waals surface area (Å²) in [4.78, 5) is 24.1. The Morgan fingerprint density at radius 2 is 1.66 bits per heavy atom. The zero-order chi connectivity index (χ0) is 21.1. The van der Waals surface area contributed by atoms with Crippen LogP contribution in [-0.4, -0.2) is 17.2 Å². The highest BCUT2D eigenvalue weighted by molar-refractivity contribution is 5.79. The molecule has 1 heterocycles. The molecule has 6 heteroatoms. The zero-order valence-electron chi connectivity index (χ0n) is 16.8. The van der Waals surface area contributed by atoms with Crippen molar-refractivity contribution >= 4 is 16.9 Å². The van der Waals surface area contributed by atoms with Crippen molar-refractivity contribution in [2.45, 2.75) is 39.7 Å². The second-order valence-corrected chi connectivity index (χ2v) is 7.53. The lowest BCUT2D eigenvalue weighted by molar-refractivity contribution is -0.147. The zero-order valence-corrected chi connectivity index (χ0v) is 16.8. The predicted molar refractivity (Wildman–Crippen MR) is 110 cm³/mol. The number of hydrogen-bond donors (Lipinski definition) is 1. The van der Waals surface area contributed by atoms with E-state index in [1.165, 1.54) is 17.9 Å². The SMILES string of the molecule is CC(C)c1ccc(Oc2coc3cc(OC(C(=O)O)C(C)C)ccc3c2=O)cc1. The van der Waals surface area contributed by atoms with Crippen LogP contribution < -0.4 is 14.9 Å². The average Bonchev–Trinajstić information content (AvgIpc) is 2.68. The lowest BCUT2D eigenvalue weighted by Crippen LogP contribution is -2.32. The van der Waals surface area contributed by atoms with Gasteiger partial charge in [-0.1, -0.05) is 39.8 Å². The van der Waals surface area contributed by atoms with E-state index in [0.717, 1.165) is 0 Å². The topological polar surface area (TPSA) is 86.0 Å². The third-order valence-corrected chi connectivity index (χ3v) is 4.60. The van der Waals surface area contributed by atoms with Crippen molar-refractivity contribution in [3.05, 3.63) is 64.5 Å². The Balaban J connectivity index is 1.86. The van der Waals surface area contributed by atoms with Gasteiger partial charge in [-0.05, 0) is 35.7 Å². The molecular weight excluding hydrogens is 372 g/mol. The standard InChI is InChI=1S/C23H24O6/c1-13(2)15-5-7-16(8-6-15)28-20-12-27-19-11-17(9-10-18(19)21(20)24)29-22(14(3)4)23(25)26/h5-14,22H,1-4H3,(H,25,26). The molecule has 29 heavy (non-hydrogen) atoms. The molecule has 3 rings (SSSR count). The van der Waals surface area contributed by atoms with Gasteiger partial charge in [0.15, 0.2) is 6.10 Å². The minimum atomic E-state index is -1.05. The van der Waals surface area contributed by atoms with E-state index in [4.69, 9.17) is 13.9 Å². The minimum absolute atomic E-state index is 0.0778.